The molecule has 15 nitrogen and oxygen atoms in total. The lowest BCUT2D eigenvalue weighted by molar-refractivity contribution is -0.126. The first kappa shape index (κ1) is 33.1. The number of carboxylic acids is 2. The SMILES string of the molecule is COc1cc(O)c([C@H]2C3=CC[C@@H]4C(=O)N(c5ccc(C(=O)O)c(O)c5)C(=O)[C@@H]4[C@@H]3C[C@H]3C(=O)N(c4ccc(C(=O)O)c(O)c4)C(=O)[C@@H]23)c(OC)c1. The summed E-state index contributed by atoms with van der Waals surface area (Å²) < 4.78 is 11.0. The van der Waals surface area contributed by atoms with Gasteiger partial charge in [0.1, 0.15) is 39.9 Å². The van der Waals surface area contributed by atoms with Gasteiger partial charge in [-0.1, -0.05) is 11.6 Å². The lowest BCUT2D eigenvalue weighted by Gasteiger charge is -2.44. The van der Waals surface area contributed by atoms with E-state index in [4.69, 9.17) is 9.47 Å². The highest BCUT2D eigenvalue weighted by Gasteiger charge is 2.63. The Morgan fingerprint density at radius 3 is 1.73 bits per heavy atom. The molecule has 51 heavy (non-hydrogen) atoms. The number of carbonyl (C=O) groups excluding carboxylic acids is 4. The van der Waals surface area contributed by atoms with Gasteiger partial charge in [0.15, 0.2) is 0 Å². The zero-order valence-corrected chi connectivity index (χ0v) is 27.0. The molecule has 262 valence electrons. The number of imide groups is 2. The number of anilines is 2. The summed E-state index contributed by atoms with van der Waals surface area (Å²) >= 11 is 0. The number of carboxylic acid groups (broad SMARTS) is 2. The molecule has 3 fully saturated rings. The standard InChI is InChI=1S/C36H30N2O13/c1-50-16-11-25(41)30(26(12-16)51-2)28-17-7-8-20-27(33(44)37(31(20)42)14-3-5-18(35(46)47)23(39)9-14)21(17)13-22-29(28)34(45)38(32(22)43)15-4-6-19(36(48)49)24(40)10-15/h3-7,9-12,20-22,27-29,39-41H,8,13H2,1-2H3,(H,46,47)(H,48,49)/t20-,21+,22+,27-,28-,29+/m0/s1. The van der Waals surface area contributed by atoms with E-state index in [9.17, 15) is 54.3 Å². The second-order valence-corrected chi connectivity index (χ2v) is 12.8. The van der Waals surface area contributed by atoms with Crippen molar-refractivity contribution in [3.8, 4) is 28.7 Å². The molecule has 3 aromatic rings. The number of carbonyl (C=O) groups is 6. The predicted octanol–water partition coefficient (Wildman–Crippen LogP) is 3.26. The van der Waals surface area contributed by atoms with Crippen LogP contribution in [0, 0.1) is 29.6 Å². The minimum absolute atomic E-state index is 0.0361. The molecule has 2 aliphatic carbocycles. The van der Waals surface area contributed by atoms with Crippen molar-refractivity contribution < 1.29 is 63.8 Å². The van der Waals surface area contributed by atoms with Gasteiger partial charge in [0.05, 0.1) is 49.3 Å². The number of phenols is 3. The van der Waals surface area contributed by atoms with Gasteiger partial charge in [-0.2, -0.15) is 0 Å². The molecule has 3 aromatic carbocycles. The molecule has 5 N–H and O–H groups in total. The van der Waals surface area contributed by atoms with Crippen LogP contribution in [0.1, 0.15) is 45.0 Å². The molecule has 0 aromatic heterocycles. The van der Waals surface area contributed by atoms with Crippen molar-refractivity contribution in [2.45, 2.75) is 18.8 Å². The summed E-state index contributed by atoms with van der Waals surface area (Å²) in [5.41, 5.74) is -0.306. The van der Waals surface area contributed by atoms with Gasteiger partial charge < -0.3 is 35.0 Å². The summed E-state index contributed by atoms with van der Waals surface area (Å²) in [6, 6.07) is 9.46. The third-order valence-electron chi connectivity index (χ3n) is 10.4. The number of aromatic hydroxyl groups is 3. The second kappa shape index (κ2) is 11.9. The van der Waals surface area contributed by atoms with Gasteiger partial charge in [0.25, 0.3) is 0 Å². The third kappa shape index (κ3) is 4.87. The number of methoxy groups -OCH3 is 2. The first-order valence-corrected chi connectivity index (χ1v) is 15.8. The number of fused-ring (bicyclic) bond motifs is 4. The Hall–Kier alpha value is -6.38. The minimum atomic E-state index is -1.42. The molecule has 2 saturated heterocycles. The van der Waals surface area contributed by atoms with Crippen LogP contribution in [0.5, 0.6) is 28.7 Å². The zero-order valence-electron chi connectivity index (χ0n) is 27.0. The summed E-state index contributed by atoms with van der Waals surface area (Å²) in [5, 5.41) is 50.9. The van der Waals surface area contributed by atoms with Gasteiger partial charge in [-0.15, -0.1) is 0 Å². The van der Waals surface area contributed by atoms with Crippen molar-refractivity contribution in [3.63, 3.8) is 0 Å². The summed E-state index contributed by atoms with van der Waals surface area (Å²) in [5.74, 6) is -12.7. The van der Waals surface area contributed by atoms with Crippen molar-refractivity contribution in [2.24, 2.45) is 29.6 Å². The molecule has 0 radical (unpaired) electrons. The molecule has 15 heteroatoms. The molecule has 7 rings (SSSR count). The zero-order chi connectivity index (χ0) is 36.6. The van der Waals surface area contributed by atoms with Crippen molar-refractivity contribution in [2.75, 3.05) is 24.0 Å². The van der Waals surface area contributed by atoms with Crippen LogP contribution in [0.3, 0.4) is 0 Å². The summed E-state index contributed by atoms with van der Waals surface area (Å²) in [6.07, 6.45) is 1.74. The largest absolute Gasteiger partial charge is 0.507 e. The van der Waals surface area contributed by atoms with Gasteiger partial charge in [-0.05, 0) is 43.0 Å². The molecule has 0 unspecified atom stereocenters. The van der Waals surface area contributed by atoms with Crippen molar-refractivity contribution in [1.29, 1.82) is 0 Å². The van der Waals surface area contributed by atoms with Crippen LogP contribution >= 0.6 is 0 Å². The number of phenolic OH excluding ortho intramolecular Hbond substituents is 1. The fourth-order valence-corrected chi connectivity index (χ4v) is 8.29. The van der Waals surface area contributed by atoms with E-state index in [1.165, 1.54) is 38.5 Å². The monoisotopic (exact) mass is 698 g/mol. The Morgan fingerprint density at radius 2 is 1.22 bits per heavy atom. The van der Waals surface area contributed by atoms with Crippen LogP contribution in [-0.4, -0.2) is 75.3 Å². The average molecular weight is 699 g/mol. The molecule has 0 bridgehead atoms. The van der Waals surface area contributed by atoms with Gasteiger partial charge in [-0.25, -0.2) is 19.4 Å². The molecule has 6 atom stereocenters. The van der Waals surface area contributed by atoms with E-state index in [-0.39, 0.29) is 47.0 Å². The van der Waals surface area contributed by atoms with E-state index >= 15 is 0 Å². The maximum absolute atomic E-state index is 14.4. The smallest absolute Gasteiger partial charge is 0.339 e. The van der Waals surface area contributed by atoms with E-state index in [1.807, 2.05) is 0 Å². The van der Waals surface area contributed by atoms with E-state index in [0.29, 0.717) is 5.57 Å². The van der Waals surface area contributed by atoms with Crippen LogP contribution < -0.4 is 19.3 Å². The number of nitrogens with zero attached hydrogens (tertiary/aromatic N) is 2. The fraction of sp³-hybridized carbons (Fsp3) is 0.278. The van der Waals surface area contributed by atoms with Gasteiger partial charge in [0, 0.05) is 35.7 Å². The van der Waals surface area contributed by atoms with Gasteiger partial charge in [-0.3, -0.25) is 19.2 Å². The third-order valence-corrected chi connectivity index (χ3v) is 10.4. The van der Waals surface area contributed by atoms with E-state index in [0.717, 1.165) is 34.1 Å². The van der Waals surface area contributed by atoms with Crippen LogP contribution in [0.4, 0.5) is 11.4 Å². The number of hydrogen-bond acceptors (Lipinski definition) is 11. The Kier molecular flexibility index (Phi) is 7.73. The lowest BCUT2D eigenvalue weighted by Crippen LogP contribution is -2.43. The predicted molar refractivity (Wildman–Crippen MR) is 174 cm³/mol. The van der Waals surface area contributed by atoms with Gasteiger partial charge >= 0.3 is 11.9 Å². The topological polar surface area (TPSA) is 229 Å². The number of ether oxygens (including phenoxy) is 2. The highest BCUT2D eigenvalue weighted by atomic mass is 16.5. The van der Waals surface area contributed by atoms with Crippen molar-refractivity contribution in [1.82, 2.24) is 0 Å². The normalized spacial score (nSPS) is 25.3. The molecule has 4 aliphatic rings. The molecule has 1 saturated carbocycles. The first-order valence-electron chi connectivity index (χ1n) is 15.8. The number of hydrogen-bond donors (Lipinski definition) is 5. The number of allylic oxidation sites excluding steroid dienone is 2. The van der Waals surface area contributed by atoms with Crippen molar-refractivity contribution in [3.05, 3.63) is 76.9 Å². The number of amides is 4. The molecule has 0 spiro atoms. The van der Waals surface area contributed by atoms with Crippen molar-refractivity contribution >= 4 is 46.9 Å². The second-order valence-electron chi connectivity index (χ2n) is 12.8. The molecule has 4 amide bonds. The maximum Gasteiger partial charge on any atom is 0.339 e. The van der Waals surface area contributed by atoms with Crippen LogP contribution in [0.25, 0.3) is 0 Å². The van der Waals surface area contributed by atoms with E-state index in [2.05, 4.69) is 0 Å². The quantitative estimate of drug-likeness (QED) is 0.177. The number of aromatic carboxylic acids is 2. The number of rotatable bonds is 7. The van der Waals surface area contributed by atoms with Crippen LogP contribution in [0.15, 0.2) is 60.2 Å². The highest BCUT2D eigenvalue weighted by molar-refractivity contribution is 6.24. The Balaban J connectivity index is 1.36. The molecular formula is C36H30N2O13. The molecule has 2 heterocycles. The lowest BCUT2D eigenvalue weighted by atomic mass is 9.57. The van der Waals surface area contributed by atoms with Gasteiger partial charge in [0.2, 0.25) is 23.6 Å². The summed E-state index contributed by atoms with van der Waals surface area (Å²) in [7, 11) is 2.74. The Labute approximate surface area is 288 Å². The molecular weight excluding hydrogens is 668 g/mol. The summed E-state index contributed by atoms with van der Waals surface area (Å²) in [6.45, 7) is 0. The van der Waals surface area contributed by atoms with Crippen LogP contribution in [-0.2, 0) is 19.2 Å². The number of benzene rings is 3. The molecule has 2 aliphatic heterocycles. The van der Waals surface area contributed by atoms with E-state index < -0.39 is 93.7 Å². The Bertz CT molecular complexity index is 2120. The van der Waals surface area contributed by atoms with Crippen LogP contribution in [0.2, 0.25) is 0 Å². The van der Waals surface area contributed by atoms with E-state index in [1.54, 1.807) is 6.08 Å². The average Bonchev–Trinajstić information content (AvgIpc) is 3.50. The Morgan fingerprint density at radius 1 is 0.667 bits per heavy atom. The minimum Gasteiger partial charge on any atom is -0.507 e. The highest BCUT2D eigenvalue weighted by Crippen LogP contribution is 2.61. The maximum atomic E-state index is 14.4. The first-order chi connectivity index (χ1) is 24.3. The summed E-state index contributed by atoms with van der Waals surface area (Å²) in [4.78, 5) is 81.5. The fourth-order valence-electron chi connectivity index (χ4n) is 8.29.